The molecule has 0 unspecified atom stereocenters. The van der Waals surface area contributed by atoms with E-state index in [1.54, 1.807) is 0 Å². The van der Waals surface area contributed by atoms with E-state index in [4.69, 9.17) is 8.68 Å². The Morgan fingerprint density at radius 3 is 2.44 bits per heavy atom. The summed E-state index contributed by atoms with van der Waals surface area (Å²) in [5, 5.41) is 3.05. The number of hydrogen-bond acceptors (Lipinski definition) is 4. The van der Waals surface area contributed by atoms with Gasteiger partial charge in [-0.25, -0.2) is 0 Å². The van der Waals surface area contributed by atoms with Crippen LogP contribution in [0.15, 0.2) is 5.18 Å². The second kappa shape index (κ2) is 6.66. The van der Waals surface area contributed by atoms with E-state index < -0.39 is 24.7 Å². The Kier molecular flexibility index (Phi) is 6.65. The minimum absolute atomic E-state index is 0.230. The molecule has 0 heterocycles. The first-order valence-corrected chi connectivity index (χ1v) is 9.23. The van der Waals surface area contributed by atoms with Gasteiger partial charge in [-0.1, -0.05) is 28.8 Å². The Hall–Kier alpha value is -0.0100. The van der Waals surface area contributed by atoms with E-state index in [9.17, 15) is 4.91 Å². The Morgan fingerprint density at radius 1 is 1.44 bits per heavy atom. The molecule has 5 heteroatoms. The van der Waals surface area contributed by atoms with Crippen molar-refractivity contribution in [3.8, 4) is 0 Å². The van der Waals surface area contributed by atoms with E-state index in [-0.39, 0.29) is 5.60 Å². The quantitative estimate of drug-likeness (QED) is 0.440. The van der Waals surface area contributed by atoms with Gasteiger partial charge in [-0.05, 0) is 44.5 Å². The van der Waals surface area contributed by atoms with Crippen molar-refractivity contribution in [3.05, 3.63) is 4.91 Å². The molecular formula is C11H23IN2O2. The normalized spacial score (nSPS) is 15.1. The van der Waals surface area contributed by atoms with Crippen LogP contribution in [0, 0.1) is 4.91 Å². The molecule has 0 fully saturated rings. The van der Waals surface area contributed by atoms with Crippen LogP contribution in [0.5, 0.6) is 0 Å². The summed E-state index contributed by atoms with van der Waals surface area (Å²) in [6.07, 6.45) is 1.45. The van der Waals surface area contributed by atoms with Gasteiger partial charge in [0, 0.05) is 6.61 Å². The topological polar surface area (TPSA) is 64.7 Å². The molecule has 0 rings (SSSR count). The molecule has 0 amide bonds. The van der Waals surface area contributed by atoms with Gasteiger partial charge in [-0.2, -0.15) is 4.91 Å². The zero-order valence-corrected chi connectivity index (χ0v) is 12.8. The molecule has 0 aliphatic carbocycles. The van der Waals surface area contributed by atoms with Crippen molar-refractivity contribution in [1.29, 1.82) is 0 Å². The Balaban J connectivity index is 4.05. The van der Waals surface area contributed by atoms with Crippen LogP contribution in [0.2, 0.25) is 0 Å². The second-order valence-corrected chi connectivity index (χ2v) is 8.42. The van der Waals surface area contributed by atoms with Crippen LogP contribution in [0.1, 0.15) is 40.5 Å². The highest BCUT2D eigenvalue weighted by atomic mass is 127. The van der Waals surface area contributed by atoms with Crippen molar-refractivity contribution in [1.82, 2.24) is 0 Å². The number of rotatable bonds is 7. The summed E-state index contributed by atoms with van der Waals surface area (Å²) < 4.78 is 17.3. The van der Waals surface area contributed by atoms with E-state index in [2.05, 4.69) is 13.7 Å². The predicted molar refractivity (Wildman–Crippen MR) is 80.5 cm³/mol. The third kappa shape index (κ3) is 8.18. The molecule has 0 radical (unpaired) electrons. The summed E-state index contributed by atoms with van der Waals surface area (Å²) in [5.74, 6) is 0. The van der Waals surface area contributed by atoms with Gasteiger partial charge in [0.05, 0.1) is 11.1 Å². The van der Waals surface area contributed by atoms with Crippen molar-refractivity contribution in [3.63, 3.8) is 0 Å². The predicted octanol–water partition coefficient (Wildman–Crippen LogP) is 2.72. The van der Waals surface area contributed by atoms with Crippen LogP contribution in [0.4, 0.5) is 0 Å². The fraction of sp³-hybridized carbons (Fsp3) is 0.818. The molecule has 0 saturated carbocycles. The first kappa shape index (κ1) is 16.0. The molecule has 0 aliphatic heterocycles. The van der Waals surface area contributed by atoms with Crippen LogP contribution in [-0.4, -0.2) is 26.3 Å². The van der Waals surface area contributed by atoms with Gasteiger partial charge < -0.3 is 4.74 Å². The van der Waals surface area contributed by atoms with Crippen LogP contribution < -0.4 is 3.95 Å². The van der Waals surface area contributed by atoms with Gasteiger partial charge in [-0.15, -0.1) is 0 Å². The third-order valence-electron chi connectivity index (χ3n) is 2.22. The molecule has 0 aromatic carbocycles. The molecule has 0 aromatic rings. The number of nitrogens with zero attached hydrogens (tertiary/aromatic N) is 1. The Labute approximate surface area is 105 Å². The third-order valence-corrected chi connectivity index (χ3v) is 3.79. The van der Waals surface area contributed by atoms with Crippen LogP contribution in [0.25, 0.3) is 0 Å². The van der Waals surface area contributed by atoms with E-state index in [0.717, 1.165) is 6.42 Å². The molecule has 4 nitrogen and oxygen atoms in total. The van der Waals surface area contributed by atoms with Gasteiger partial charge in [0.1, 0.15) is 0 Å². The fourth-order valence-corrected chi connectivity index (χ4v) is 2.59. The van der Waals surface area contributed by atoms with Crippen LogP contribution in [0.3, 0.4) is 0 Å². The fourth-order valence-electron chi connectivity index (χ4n) is 0.967. The summed E-state index contributed by atoms with van der Waals surface area (Å²) in [4.78, 5) is 10.5. The largest absolute Gasteiger partial charge is 0.375 e. The number of halogens is 1. The zero-order chi connectivity index (χ0) is 12.8. The molecule has 0 spiro atoms. The SMILES string of the molecule is C=I(N)=CCC(C)(C)OCCC(C)(C)N=O. The van der Waals surface area contributed by atoms with Crippen molar-refractivity contribution in [2.24, 2.45) is 9.12 Å². The van der Waals surface area contributed by atoms with Gasteiger partial charge >= 0.3 is 0 Å². The number of ether oxygens (including phenoxy) is 1. The van der Waals surface area contributed by atoms with Crippen LogP contribution in [-0.2, 0) is 4.74 Å². The molecule has 0 bridgehead atoms. The highest BCUT2D eigenvalue weighted by Gasteiger charge is 2.21. The summed E-state index contributed by atoms with van der Waals surface area (Å²) in [7, 11) is 0. The van der Waals surface area contributed by atoms with Crippen molar-refractivity contribution in [2.75, 3.05) is 6.61 Å². The summed E-state index contributed by atoms with van der Waals surface area (Å²) >= 11 is -1.52. The maximum absolute atomic E-state index is 10.5. The Morgan fingerprint density at radius 2 is 2.00 bits per heavy atom. The summed E-state index contributed by atoms with van der Waals surface area (Å²) in [6.45, 7) is 8.19. The minimum atomic E-state index is -1.52. The first-order chi connectivity index (χ1) is 7.18. The molecule has 96 valence electrons. The lowest BCUT2D eigenvalue weighted by Gasteiger charge is -2.25. The lowest BCUT2D eigenvalue weighted by atomic mass is 10.0. The maximum atomic E-state index is 10.5. The number of nitrogens with two attached hydrogens (primary N) is 1. The lowest BCUT2D eigenvalue weighted by Crippen LogP contribution is -2.28. The molecule has 0 aromatic heterocycles. The minimum Gasteiger partial charge on any atom is -0.375 e. The highest BCUT2D eigenvalue weighted by Crippen LogP contribution is 2.19. The van der Waals surface area contributed by atoms with E-state index >= 15 is 0 Å². The highest BCUT2D eigenvalue weighted by molar-refractivity contribution is 14.2. The van der Waals surface area contributed by atoms with Gasteiger partial charge in [0.15, 0.2) is 0 Å². The average molecular weight is 342 g/mol. The molecule has 0 saturated heterocycles. The summed E-state index contributed by atoms with van der Waals surface area (Å²) in [5.41, 5.74) is -0.774. The zero-order valence-electron chi connectivity index (χ0n) is 10.6. The van der Waals surface area contributed by atoms with Crippen molar-refractivity contribution >= 4 is 27.7 Å². The van der Waals surface area contributed by atoms with Crippen molar-refractivity contribution < 1.29 is 4.74 Å². The number of nitroso groups, excluding NO2 is 1. The number of hydrogen-bond donors (Lipinski definition) is 1. The van der Waals surface area contributed by atoms with Gasteiger partial charge in [0.2, 0.25) is 0 Å². The van der Waals surface area contributed by atoms with Crippen LogP contribution >= 0.6 is 19.1 Å². The first-order valence-electron chi connectivity index (χ1n) is 5.22. The van der Waals surface area contributed by atoms with Gasteiger partial charge in [0.25, 0.3) is 0 Å². The van der Waals surface area contributed by atoms with Crippen molar-refractivity contribution in [2.45, 2.75) is 51.7 Å². The van der Waals surface area contributed by atoms with Gasteiger partial charge in [-0.3, -0.25) is 3.95 Å². The Bertz CT molecular complexity index is 305. The average Bonchev–Trinajstić information content (AvgIpc) is 2.14. The second-order valence-electron chi connectivity index (χ2n) is 5.05. The molecule has 0 aliphatic rings. The van der Waals surface area contributed by atoms with E-state index in [0.29, 0.717) is 13.0 Å². The smallest absolute Gasteiger partial charge is 0.0992 e. The summed E-state index contributed by atoms with van der Waals surface area (Å²) in [6, 6.07) is 0. The van der Waals surface area contributed by atoms with E-state index in [1.165, 1.54) is 0 Å². The van der Waals surface area contributed by atoms with E-state index in [1.807, 2.05) is 27.7 Å². The lowest BCUT2D eigenvalue weighted by molar-refractivity contribution is -0.0169. The molecule has 16 heavy (non-hydrogen) atoms. The maximum Gasteiger partial charge on any atom is 0.0992 e. The standard InChI is InChI=1S/C11H23IN2O2/c1-10(2,14-15)7-9-16-11(3,4)6-8-12(5)13/h8H,5-7,9,13H2,1-4H3. The molecule has 2 N–H and O–H groups in total. The molecular weight excluding hydrogens is 319 g/mol. The molecule has 0 atom stereocenters. The monoisotopic (exact) mass is 342 g/mol.